The summed E-state index contributed by atoms with van der Waals surface area (Å²) in [5, 5.41) is 4.19. The number of anilines is 1. The van der Waals surface area contributed by atoms with Crippen LogP contribution in [0.3, 0.4) is 0 Å². The fourth-order valence-corrected chi connectivity index (χ4v) is 4.19. The number of oxime groups is 1. The molecule has 1 heterocycles. The summed E-state index contributed by atoms with van der Waals surface area (Å²) in [5.74, 6) is -0.450. The fraction of sp³-hybridized carbons (Fsp3) is 0.154. The molecule has 36 heavy (non-hydrogen) atoms. The highest BCUT2D eigenvalue weighted by Crippen LogP contribution is 2.49. The van der Waals surface area contributed by atoms with Gasteiger partial charge >= 0.3 is 6.18 Å². The van der Waals surface area contributed by atoms with E-state index in [-0.39, 0.29) is 27.0 Å². The number of rotatable bonds is 6. The van der Waals surface area contributed by atoms with Crippen molar-refractivity contribution in [2.24, 2.45) is 5.16 Å². The molecule has 1 amide bonds. The second kappa shape index (κ2) is 10.2. The number of benzene rings is 3. The maximum Gasteiger partial charge on any atom is 0.435 e. The Kier molecular flexibility index (Phi) is 7.28. The largest absolute Gasteiger partial charge is 0.435 e. The van der Waals surface area contributed by atoms with Gasteiger partial charge in [-0.2, -0.15) is 13.2 Å². The monoisotopic (exact) mass is 533 g/mol. The van der Waals surface area contributed by atoms with Crippen molar-refractivity contribution in [1.29, 1.82) is 0 Å². The fourth-order valence-electron chi connectivity index (χ4n) is 3.74. The molecule has 2 N–H and O–H groups in total. The molecule has 10 heteroatoms. The van der Waals surface area contributed by atoms with E-state index in [9.17, 15) is 18.0 Å². The van der Waals surface area contributed by atoms with Crippen LogP contribution in [0.25, 0.3) is 6.08 Å². The van der Waals surface area contributed by atoms with Crippen LogP contribution < -0.4 is 10.9 Å². The lowest BCUT2D eigenvalue weighted by molar-refractivity contribution is -0.275. The first-order chi connectivity index (χ1) is 17.1. The van der Waals surface area contributed by atoms with E-state index in [2.05, 4.69) is 16.0 Å². The van der Waals surface area contributed by atoms with Gasteiger partial charge in [0.1, 0.15) is 0 Å². The van der Waals surface area contributed by atoms with Gasteiger partial charge in [0.05, 0.1) is 16.4 Å². The van der Waals surface area contributed by atoms with Gasteiger partial charge in [-0.1, -0.05) is 70.8 Å². The second-order valence-corrected chi connectivity index (χ2v) is 9.04. The van der Waals surface area contributed by atoms with Crippen molar-refractivity contribution < 1.29 is 22.8 Å². The summed E-state index contributed by atoms with van der Waals surface area (Å²) in [6, 6.07) is 17.9. The third-order valence-electron chi connectivity index (χ3n) is 5.54. The summed E-state index contributed by atoms with van der Waals surface area (Å²) >= 11 is 12.2. The molecule has 0 aliphatic carbocycles. The van der Waals surface area contributed by atoms with Crippen molar-refractivity contribution in [3.8, 4) is 0 Å². The van der Waals surface area contributed by atoms with Crippen molar-refractivity contribution >= 4 is 46.6 Å². The Morgan fingerprint density at radius 3 is 2.53 bits per heavy atom. The number of aryl methyl sites for hydroxylation is 1. The molecule has 0 bridgehead atoms. The third-order valence-corrected chi connectivity index (χ3v) is 6.09. The summed E-state index contributed by atoms with van der Waals surface area (Å²) in [6.07, 6.45) is -2.36. The number of carbonyl (C=O) groups excluding carboxylic acids is 1. The zero-order valence-corrected chi connectivity index (χ0v) is 20.4. The number of carbonyl (C=O) groups is 1. The number of hydrogen-bond acceptors (Lipinski definition) is 4. The van der Waals surface area contributed by atoms with Crippen LogP contribution in [0.15, 0.2) is 78.0 Å². The number of hydrogen-bond donors (Lipinski definition) is 2. The molecule has 0 saturated heterocycles. The highest BCUT2D eigenvalue weighted by Gasteiger charge is 2.62. The van der Waals surface area contributed by atoms with E-state index in [1.54, 1.807) is 19.1 Å². The predicted molar refractivity (Wildman–Crippen MR) is 135 cm³/mol. The number of nitrogens with one attached hydrogen (secondary N) is 2. The lowest BCUT2D eigenvalue weighted by Gasteiger charge is -2.29. The number of hydrazine groups is 1. The first kappa shape index (κ1) is 25.6. The highest BCUT2D eigenvalue weighted by atomic mass is 35.5. The molecular weight excluding hydrogens is 514 g/mol. The first-order valence-electron chi connectivity index (χ1n) is 10.8. The van der Waals surface area contributed by atoms with Gasteiger partial charge in [0.15, 0.2) is 0 Å². The SMILES string of the molecule is Cc1cc(Cl)cc(C2(C(F)(F)F)CC(c3ccc(Cl)c(NNC(=O)/C=C/c4ccccc4)c3)=NO2)c1. The average Bonchev–Trinajstić information content (AvgIpc) is 3.29. The van der Waals surface area contributed by atoms with Crippen LogP contribution in [0.1, 0.15) is 28.7 Å². The molecule has 1 atom stereocenters. The maximum absolute atomic E-state index is 14.3. The molecule has 1 aliphatic heterocycles. The third kappa shape index (κ3) is 5.50. The summed E-state index contributed by atoms with van der Waals surface area (Å²) < 4.78 is 42.8. The van der Waals surface area contributed by atoms with E-state index >= 15 is 0 Å². The highest BCUT2D eigenvalue weighted by molar-refractivity contribution is 6.33. The van der Waals surface area contributed by atoms with Crippen LogP contribution in [-0.2, 0) is 15.2 Å². The second-order valence-electron chi connectivity index (χ2n) is 8.20. The molecule has 186 valence electrons. The van der Waals surface area contributed by atoms with Gasteiger partial charge in [-0.15, -0.1) is 0 Å². The van der Waals surface area contributed by atoms with Gasteiger partial charge in [0.2, 0.25) is 0 Å². The molecule has 4 rings (SSSR count). The summed E-state index contributed by atoms with van der Waals surface area (Å²) in [6.45, 7) is 1.65. The number of amides is 1. The van der Waals surface area contributed by atoms with E-state index in [4.69, 9.17) is 28.0 Å². The van der Waals surface area contributed by atoms with E-state index in [0.29, 0.717) is 11.1 Å². The van der Waals surface area contributed by atoms with Gasteiger partial charge in [0.25, 0.3) is 11.5 Å². The molecule has 0 fully saturated rings. The Morgan fingerprint density at radius 2 is 1.83 bits per heavy atom. The lowest BCUT2D eigenvalue weighted by atomic mass is 9.86. The van der Waals surface area contributed by atoms with Crippen molar-refractivity contribution in [3.05, 3.63) is 105 Å². The molecule has 0 radical (unpaired) electrons. The molecule has 3 aromatic rings. The molecule has 0 saturated carbocycles. The van der Waals surface area contributed by atoms with E-state index in [0.717, 1.165) is 5.56 Å². The van der Waals surface area contributed by atoms with Crippen LogP contribution in [0.5, 0.6) is 0 Å². The van der Waals surface area contributed by atoms with E-state index in [1.165, 1.54) is 36.4 Å². The average molecular weight is 534 g/mol. The zero-order valence-electron chi connectivity index (χ0n) is 18.9. The molecule has 3 aromatic carbocycles. The van der Waals surface area contributed by atoms with Crippen molar-refractivity contribution in [3.63, 3.8) is 0 Å². The predicted octanol–water partition coefficient (Wildman–Crippen LogP) is 7.04. The summed E-state index contributed by atoms with van der Waals surface area (Å²) in [5.41, 5.74) is 4.46. The van der Waals surface area contributed by atoms with Crippen LogP contribution in [0, 0.1) is 6.92 Å². The van der Waals surface area contributed by atoms with Gasteiger partial charge in [-0.05, 0) is 48.4 Å². The Labute approximate surface area is 215 Å². The Balaban J connectivity index is 1.52. The smallest absolute Gasteiger partial charge is 0.374 e. The van der Waals surface area contributed by atoms with Gasteiger partial charge in [-0.3, -0.25) is 15.6 Å². The Bertz CT molecular complexity index is 1320. The van der Waals surface area contributed by atoms with E-state index in [1.807, 2.05) is 30.3 Å². The summed E-state index contributed by atoms with van der Waals surface area (Å²) in [7, 11) is 0. The van der Waals surface area contributed by atoms with Gasteiger partial charge in [0, 0.05) is 28.6 Å². The van der Waals surface area contributed by atoms with Gasteiger partial charge in [-0.25, -0.2) is 0 Å². The first-order valence-corrected chi connectivity index (χ1v) is 11.5. The molecule has 1 unspecified atom stereocenters. The van der Waals surface area contributed by atoms with Crippen molar-refractivity contribution in [2.75, 3.05) is 5.43 Å². The van der Waals surface area contributed by atoms with E-state index < -0.39 is 24.1 Å². The minimum atomic E-state index is -4.76. The standard InChI is InChI=1S/C26H20Cl2F3N3O2/c1-16-11-19(14-20(27)12-16)25(26(29,30)31)15-23(34-36-25)18-8-9-21(28)22(13-18)32-33-24(35)10-7-17-5-3-2-4-6-17/h2-14,32H,15H2,1H3,(H,33,35)/b10-7+. The minimum Gasteiger partial charge on any atom is -0.374 e. The molecule has 0 spiro atoms. The van der Waals surface area contributed by atoms with Crippen molar-refractivity contribution in [2.45, 2.75) is 25.1 Å². The summed E-state index contributed by atoms with van der Waals surface area (Å²) in [4.78, 5) is 17.2. The number of alkyl halides is 3. The maximum atomic E-state index is 14.3. The molecule has 0 aromatic heterocycles. The quantitative estimate of drug-likeness (QED) is 0.264. The van der Waals surface area contributed by atoms with Crippen molar-refractivity contribution in [1.82, 2.24) is 5.43 Å². The lowest BCUT2D eigenvalue weighted by Crippen LogP contribution is -2.42. The molecule has 1 aliphatic rings. The zero-order chi connectivity index (χ0) is 25.9. The number of nitrogens with zero attached hydrogens (tertiary/aromatic N) is 1. The van der Waals surface area contributed by atoms with Gasteiger partial charge < -0.3 is 4.84 Å². The minimum absolute atomic E-state index is 0.0694. The molecular formula is C26H20Cl2F3N3O2. The van der Waals surface area contributed by atoms with Crippen LogP contribution >= 0.6 is 23.2 Å². The Morgan fingerprint density at radius 1 is 1.08 bits per heavy atom. The van der Waals surface area contributed by atoms with Crippen LogP contribution in [0.2, 0.25) is 10.0 Å². The van der Waals surface area contributed by atoms with Crippen LogP contribution in [0.4, 0.5) is 18.9 Å². The molecule has 5 nitrogen and oxygen atoms in total. The Hall–Kier alpha value is -3.49. The number of halogens is 5. The van der Waals surface area contributed by atoms with Crippen LogP contribution in [-0.4, -0.2) is 17.8 Å². The topological polar surface area (TPSA) is 62.7 Å². The normalized spacial score (nSPS) is 17.6.